The Hall–Kier alpha value is -4.45. The van der Waals surface area contributed by atoms with Crippen molar-refractivity contribution in [1.29, 1.82) is 0 Å². The summed E-state index contributed by atoms with van der Waals surface area (Å²) in [5.41, 5.74) is 26.3. The van der Waals surface area contributed by atoms with Crippen molar-refractivity contribution in [1.82, 2.24) is 36.6 Å². The minimum absolute atomic E-state index is 0.0323. The second-order valence-corrected chi connectivity index (χ2v) is 13.8. The maximum atomic E-state index is 12.4. The Bertz CT molecular complexity index is 1450. The summed E-state index contributed by atoms with van der Waals surface area (Å²) in [6.07, 6.45) is 10.4. The number of aryl methyl sites for hydroxylation is 4. The van der Waals surface area contributed by atoms with E-state index >= 15 is 0 Å². The minimum Gasteiger partial charge on any atom is -0.375 e. The van der Waals surface area contributed by atoms with Crippen LogP contribution in [-0.4, -0.2) is 72.6 Å². The Morgan fingerprint density at radius 1 is 0.720 bits per heavy atom. The first-order chi connectivity index (χ1) is 24.0. The smallest absolute Gasteiger partial charge is 0.321 e. The molecular weight excluding hydrogens is 679 g/mol. The summed E-state index contributed by atoms with van der Waals surface area (Å²) in [5, 5.41) is 14.8. The first kappa shape index (κ1) is 41.7. The molecule has 0 aliphatic heterocycles. The topological polar surface area (TPSA) is 266 Å². The largest absolute Gasteiger partial charge is 0.375 e. The number of aromatic nitrogens is 2. The number of thiazole rings is 2. The molecule has 13 N–H and O–H groups in total. The average Bonchev–Trinajstić information content (AvgIpc) is 3.57. The predicted molar refractivity (Wildman–Crippen MR) is 204 cm³/mol. The lowest BCUT2D eigenvalue weighted by Crippen LogP contribution is -2.43. The van der Waals surface area contributed by atoms with Gasteiger partial charge in [-0.2, -0.15) is 0 Å². The molecule has 18 heteroatoms. The van der Waals surface area contributed by atoms with Gasteiger partial charge in [0.05, 0.1) is 11.4 Å². The van der Waals surface area contributed by atoms with Crippen LogP contribution >= 0.6 is 22.7 Å². The number of nitrogens with one attached hydrogen (secondary N) is 5. The highest BCUT2D eigenvalue weighted by atomic mass is 32.1. The van der Waals surface area contributed by atoms with Crippen LogP contribution < -0.4 is 49.5 Å². The fourth-order valence-electron chi connectivity index (χ4n) is 4.75. The molecule has 5 amide bonds. The van der Waals surface area contributed by atoms with Crippen molar-refractivity contribution in [3.8, 4) is 0 Å². The lowest BCUT2D eigenvalue weighted by atomic mass is 10.0. The van der Waals surface area contributed by atoms with E-state index in [4.69, 9.17) is 22.9 Å². The highest BCUT2D eigenvalue weighted by Crippen LogP contribution is 2.22. The summed E-state index contributed by atoms with van der Waals surface area (Å²) in [6.45, 7) is 8.13. The molecule has 0 aromatic carbocycles. The van der Waals surface area contributed by atoms with Crippen LogP contribution in [0, 0.1) is 13.8 Å². The van der Waals surface area contributed by atoms with E-state index in [0.717, 1.165) is 78.9 Å². The number of nitrogens with two attached hydrogens (primary N) is 4. The molecule has 278 valence electrons. The number of anilines is 2. The third-order valence-electron chi connectivity index (χ3n) is 7.39. The van der Waals surface area contributed by atoms with E-state index in [1.807, 2.05) is 20.8 Å². The van der Waals surface area contributed by atoms with Gasteiger partial charge in [-0.05, 0) is 78.1 Å². The van der Waals surface area contributed by atoms with Gasteiger partial charge in [0, 0.05) is 48.9 Å². The van der Waals surface area contributed by atoms with Crippen LogP contribution in [0.5, 0.6) is 0 Å². The highest BCUT2D eigenvalue weighted by Gasteiger charge is 2.08. The van der Waals surface area contributed by atoms with E-state index in [9.17, 15) is 14.4 Å². The zero-order chi connectivity index (χ0) is 36.7. The Kier molecular flexibility index (Phi) is 19.9. The third-order valence-corrected chi connectivity index (χ3v) is 9.48. The predicted octanol–water partition coefficient (Wildman–Crippen LogP) is 2.97. The number of allylic oxidation sites excluding steroid dienone is 1. The maximum absolute atomic E-state index is 12.4. The number of aliphatic imine (C=N–C) groups is 2. The molecule has 0 saturated heterocycles. The first-order valence-electron chi connectivity index (χ1n) is 17.0. The van der Waals surface area contributed by atoms with Crippen molar-refractivity contribution < 1.29 is 14.4 Å². The van der Waals surface area contributed by atoms with Crippen LogP contribution in [0.1, 0.15) is 85.9 Å². The molecule has 2 aromatic rings. The zero-order valence-electron chi connectivity index (χ0n) is 29.5. The summed E-state index contributed by atoms with van der Waals surface area (Å²) in [5.74, 6) is 0.163. The molecular formula is C32H55N13O3S2. The summed E-state index contributed by atoms with van der Waals surface area (Å²) < 4.78 is 0. The fourth-order valence-corrected chi connectivity index (χ4v) is 6.50. The van der Waals surface area contributed by atoms with Crippen molar-refractivity contribution in [2.24, 2.45) is 21.5 Å². The third kappa shape index (κ3) is 18.4. The molecule has 0 radical (unpaired) electrons. The second-order valence-electron chi connectivity index (χ2n) is 11.5. The van der Waals surface area contributed by atoms with E-state index in [1.165, 1.54) is 28.2 Å². The number of carbonyl (C=O) groups is 3. The highest BCUT2D eigenvalue weighted by molar-refractivity contribution is 7.15. The van der Waals surface area contributed by atoms with Gasteiger partial charge in [0.1, 0.15) is 0 Å². The van der Waals surface area contributed by atoms with Crippen LogP contribution in [0.2, 0.25) is 0 Å². The molecule has 50 heavy (non-hydrogen) atoms. The monoisotopic (exact) mass is 733 g/mol. The first-order valence-corrected chi connectivity index (χ1v) is 18.7. The fraction of sp³-hybridized carbons (Fsp3) is 0.594. The number of amides is 5. The molecule has 0 fully saturated rings. The lowest BCUT2D eigenvalue weighted by Gasteiger charge is -2.11. The lowest BCUT2D eigenvalue weighted by molar-refractivity contribution is -0.120. The van der Waals surface area contributed by atoms with E-state index < -0.39 is 12.1 Å². The SMILES string of the molecule is CCC(=O)NCCC/C=C(/CCCCNC(=O)NC(N)=NCCCc1sc(N)nc1C)CCNC(=O)NC(N)=NCCCc1sc(N)nc1C. The Morgan fingerprint density at radius 3 is 1.74 bits per heavy atom. The maximum Gasteiger partial charge on any atom is 0.321 e. The quantitative estimate of drug-likeness (QED) is 0.0395. The number of rotatable bonds is 21. The zero-order valence-corrected chi connectivity index (χ0v) is 31.2. The van der Waals surface area contributed by atoms with Gasteiger partial charge in [-0.3, -0.25) is 25.4 Å². The van der Waals surface area contributed by atoms with Crippen LogP contribution in [0.15, 0.2) is 21.6 Å². The molecule has 0 spiro atoms. The van der Waals surface area contributed by atoms with Crippen molar-refractivity contribution in [2.75, 3.05) is 44.2 Å². The summed E-state index contributed by atoms with van der Waals surface area (Å²) in [6, 6.07) is -0.822. The molecule has 0 aliphatic carbocycles. The normalized spacial score (nSPS) is 12.1. The Labute approximate surface area is 302 Å². The summed E-state index contributed by atoms with van der Waals surface area (Å²) in [4.78, 5) is 55.3. The van der Waals surface area contributed by atoms with Gasteiger partial charge < -0.3 is 38.9 Å². The van der Waals surface area contributed by atoms with Gasteiger partial charge in [0.15, 0.2) is 22.2 Å². The number of urea groups is 2. The number of hydrogen-bond donors (Lipinski definition) is 9. The number of carbonyl (C=O) groups excluding carboxylic acids is 3. The molecule has 0 unspecified atom stereocenters. The minimum atomic E-state index is -0.419. The van der Waals surface area contributed by atoms with Crippen molar-refractivity contribution >= 4 is 62.8 Å². The molecule has 2 aromatic heterocycles. The van der Waals surface area contributed by atoms with Gasteiger partial charge >= 0.3 is 12.1 Å². The van der Waals surface area contributed by atoms with Gasteiger partial charge in [0.25, 0.3) is 0 Å². The molecule has 16 nitrogen and oxygen atoms in total. The van der Waals surface area contributed by atoms with E-state index in [-0.39, 0.29) is 17.8 Å². The van der Waals surface area contributed by atoms with E-state index in [0.29, 0.717) is 55.8 Å². The molecule has 0 saturated carbocycles. The van der Waals surface area contributed by atoms with Crippen molar-refractivity contribution in [3.05, 3.63) is 32.8 Å². The van der Waals surface area contributed by atoms with Gasteiger partial charge in [-0.1, -0.05) is 18.6 Å². The van der Waals surface area contributed by atoms with Gasteiger partial charge in [-0.15, -0.1) is 22.7 Å². The molecule has 0 bridgehead atoms. The molecule has 2 heterocycles. The summed E-state index contributed by atoms with van der Waals surface area (Å²) >= 11 is 2.95. The molecule has 2 rings (SSSR count). The summed E-state index contributed by atoms with van der Waals surface area (Å²) in [7, 11) is 0. The van der Waals surface area contributed by atoms with Crippen LogP contribution in [0.25, 0.3) is 0 Å². The van der Waals surface area contributed by atoms with E-state index in [1.54, 1.807) is 0 Å². The number of hydrogen-bond acceptors (Lipinski definition) is 11. The number of nitrogen functional groups attached to an aromatic ring is 2. The van der Waals surface area contributed by atoms with Crippen LogP contribution in [-0.2, 0) is 17.6 Å². The van der Waals surface area contributed by atoms with Gasteiger partial charge in [-0.25, -0.2) is 19.6 Å². The number of unbranched alkanes of at least 4 members (excludes halogenated alkanes) is 2. The number of nitrogens with zero attached hydrogens (tertiary/aromatic N) is 4. The Morgan fingerprint density at radius 2 is 1.24 bits per heavy atom. The van der Waals surface area contributed by atoms with Crippen molar-refractivity contribution in [2.45, 2.75) is 91.4 Å². The van der Waals surface area contributed by atoms with Crippen LogP contribution in [0.3, 0.4) is 0 Å². The number of guanidine groups is 2. The van der Waals surface area contributed by atoms with E-state index in [2.05, 4.69) is 52.6 Å². The average molecular weight is 734 g/mol. The standard InChI is InChI=1S/C32H55N13O3S2/c1-4-26(46)37-16-7-5-11-23(15-20-41-32(48)45-28(34)39-19-10-14-25-22(3)43-30(36)50-25)12-6-8-17-40-31(47)44-27(33)38-18-9-13-24-21(2)42-29(35)49-24/h11H,4-10,12-20H2,1-3H3,(H2,35,42)(H2,36,43)(H,37,46)(H4,33,38,40,44,47)(H4,34,39,41,45,48)/b23-11-. The van der Waals surface area contributed by atoms with Gasteiger partial charge in [0.2, 0.25) is 5.91 Å². The molecule has 0 aliphatic rings. The second kappa shape index (κ2) is 23.8. The van der Waals surface area contributed by atoms with Crippen molar-refractivity contribution in [3.63, 3.8) is 0 Å². The Balaban J connectivity index is 1.69. The van der Waals surface area contributed by atoms with Crippen LogP contribution in [0.4, 0.5) is 19.9 Å². The molecule has 0 atom stereocenters.